The van der Waals surface area contributed by atoms with E-state index in [1.807, 2.05) is 17.0 Å². The lowest BCUT2D eigenvalue weighted by atomic mass is 10.0. The fraction of sp³-hybridized carbons (Fsp3) is 0.148. The van der Waals surface area contributed by atoms with E-state index in [1.54, 1.807) is 60.7 Å². The van der Waals surface area contributed by atoms with Gasteiger partial charge in [0.05, 0.1) is 16.3 Å². The lowest BCUT2D eigenvalue weighted by Crippen LogP contribution is -2.56. The van der Waals surface area contributed by atoms with Crippen molar-refractivity contribution in [3.8, 4) is 0 Å². The molecule has 0 spiro atoms. The molecule has 0 radical (unpaired) electrons. The van der Waals surface area contributed by atoms with Gasteiger partial charge in [-0.1, -0.05) is 42.5 Å². The molecule has 2 amide bonds. The van der Waals surface area contributed by atoms with Gasteiger partial charge in [-0.25, -0.2) is 0 Å². The monoisotopic (exact) mass is 498 g/mol. The van der Waals surface area contributed by atoms with Crippen LogP contribution >= 0.6 is 12.2 Å². The molecule has 3 aromatic rings. The van der Waals surface area contributed by atoms with Gasteiger partial charge < -0.3 is 4.90 Å². The van der Waals surface area contributed by atoms with Crippen LogP contribution in [0.2, 0.25) is 0 Å². The number of carbonyl (C=O) groups is 2. The average molecular weight is 499 g/mol. The van der Waals surface area contributed by atoms with Crippen LogP contribution in [-0.4, -0.2) is 34.9 Å². The molecule has 3 aromatic carbocycles. The van der Waals surface area contributed by atoms with Crippen molar-refractivity contribution >= 4 is 58.0 Å². The Bertz CT molecular complexity index is 1320. The van der Waals surface area contributed by atoms with Crippen molar-refractivity contribution in [1.29, 1.82) is 0 Å². The molecule has 2 aliphatic rings. The van der Waals surface area contributed by atoms with Crippen LogP contribution in [0.15, 0.2) is 84.4 Å². The van der Waals surface area contributed by atoms with Gasteiger partial charge in [-0.3, -0.25) is 29.5 Å². The number of nitrogens with zero attached hydrogens (tertiary/aromatic N) is 4. The summed E-state index contributed by atoms with van der Waals surface area (Å²) in [5.41, 5.74) is 1.76. The summed E-state index contributed by atoms with van der Waals surface area (Å²) in [7, 11) is 0. The topological polar surface area (TPSA) is 87.0 Å². The van der Waals surface area contributed by atoms with Gasteiger partial charge in [0.25, 0.3) is 17.5 Å². The lowest BCUT2D eigenvalue weighted by Gasteiger charge is -2.36. The molecule has 0 atom stereocenters. The number of carbonyl (C=O) groups excluding carboxylic acids is 2. The minimum absolute atomic E-state index is 0.0370. The Morgan fingerprint density at radius 3 is 1.83 bits per heavy atom. The number of para-hydroxylation sites is 2. The zero-order valence-electron chi connectivity index (χ0n) is 19.2. The number of nitro groups is 1. The molecule has 0 aliphatic carbocycles. The predicted molar refractivity (Wildman–Crippen MR) is 143 cm³/mol. The van der Waals surface area contributed by atoms with E-state index < -0.39 is 16.7 Å². The molecular weight excluding hydrogens is 476 g/mol. The number of anilines is 3. The highest BCUT2D eigenvalue weighted by molar-refractivity contribution is 7.81. The fourth-order valence-corrected chi connectivity index (χ4v) is 4.88. The van der Waals surface area contributed by atoms with Gasteiger partial charge >= 0.3 is 0 Å². The van der Waals surface area contributed by atoms with Crippen molar-refractivity contribution in [3.63, 3.8) is 0 Å². The summed E-state index contributed by atoms with van der Waals surface area (Å²) >= 11 is 5.61. The maximum atomic E-state index is 13.6. The van der Waals surface area contributed by atoms with Crippen LogP contribution in [0, 0.1) is 10.1 Å². The molecule has 2 fully saturated rings. The summed E-state index contributed by atoms with van der Waals surface area (Å²) in [4.78, 5) is 43.2. The number of amides is 2. The van der Waals surface area contributed by atoms with E-state index in [0.717, 1.165) is 25.9 Å². The zero-order valence-corrected chi connectivity index (χ0v) is 20.1. The molecule has 0 saturated carbocycles. The normalized spacial score (nSPS) is 16.1. The fourth-order valence-electron chi connectivity index (χ4n) is 4.51. The quantitative estimate of drug-likeness (QED) is 0.163. The summed E-state index contributed by atoms with van der Waals surface area (Å²) in [6, 6.07) is 22.5. The van der Waals surface area contributed by atoms with Crippen molar-refractivity contribution in [2.75, 3.05) is 27.8 Å². The molecule has 36 heavy (non-hydrogen) atoms. The van der Waals surface area contributed by atoms with Gasteiger partial charge in [0.2, 0.25) is 0 Å². The lowest BCUT2D eigenvalue weighted by molar-refractivity contribution is -0.384. The first-order valence-corrected chi connectivity index (χ1v) is 11.9. The first-order valence-electron chi connectivity index (χ1n) is 11.5. The van der Waals surface area contributed by atoms with Crippen LogP contribution in [0.5, 0.6) is 0 Å². The molecule has 8 nitrogen and oxygen atoms in total. The van der Waals surface area contributed by atoms with Crippen LogP contribution in [0.3, 0.4) is 0 Å². The molecule has 2 aliphatic heterocycles. The predicted octanol–water partition coefficient (Wildman–Crippen LogP) is 4.94. The van der Waals surface area contributed by atoms with Crippen LogP contribution in [-0.2, 0) is 9.59 Å². The molecule has 0 bridgehead atoms. The largest absolute Gasteiger partial charge is 0.366 e. The van der Waals surface area contributed by atoms with E-state index in [-0.39, 0.29) is 16.4 Å². The number of thiocarbonyl (C=S) groups is 1. The second kappa shape index (κ2) is 9.71. The third-order valence-electron chi connectivity index (χ3n) is 6.23. The van der Waals surface area contributed by atoms with Crippen molar-refractivity contribution in [1.82, 2.24) is 0 Å². The van der Waals surface area contributed by atoms with Gasteiger partial charge in [0.15, 0.2) is 5.11 Å². The molecular formula is C27H22N4O4S. The highest BCUT2D eigenvalue weighted by Gasteiger charge is 2.41. The Hall–Kier alpha value is -4.37. The number of hydrogen-bond acceptors (Lipinski definition) is 6. The zero-order chi connectivity index (χ0) is 25.2. The molecule has 9 heteroatoms. The number of hydrogen-bond donors (Lipinski definition) is 0. The van der Waals surface area contributed by atoms with Crippen LogP contribution in [0.25, 0.3) is 6.08 Å². The summed E-state index contributed by atoms with van der Waals surface area (Å²) in [6.07, 6.45) is 3.37. The van der Waals surface area contributed by atoms with Gasteiger partial charge in [-0.05, 0) is 67.0 Å². The molecule has 2 heterocycles. The van der Waals surface area contributed by atoms with Crippen LogP contribution in [0.1, 0.15) is 18.4 Å². The van der Waals surface area contributed by atoms with E-state index in [1.165, 1.54) is 21.9 Å². The van der Waals surface area contributed by atoms with Gasteiger partial charge in [0.1, 0.15) is 11.3 Å². The molecule has 0 unspecified atom stereocenters. The Labute approximate surface area is 213 Å². The summed E-state index contributed by atoms with van der Waals surface area (Å²) in [5.74, 6) is -1.18. The molecule has 180 valence electrons. The maximum Gasteiger partial charge on any atom is 0.293 e. The first-order chi connectivity index (χ1) is 17.5. The van der Waals surface area contributed by atoms with Crippen LogP contribution < -0.4 is 14.7 Å². The number of rotatable bonds is 5. The molecule has 0 aromatic heterocycles. The SMILES string of the molecule is O=C1C(=Cc2ccc(N3CCCC3)c([N+](=O)[O-])c2)C(=O)N(c2ccccc2)C(=S)N1c1ccccc1. The van der Waals surface area contributed by atoms with E-state index in [9.17, 15) is 19.7 Å². The Morgan fingerprint density at radius 2 is 1.33 bits per heavy atom. The van der Waals surface area contributed by atoms with E-state index in [0.29, 0.717) is 22.6 Å². The Morgan fingerprint density at radius 1 is 0.806 bits per heavy atom. The number of benzene rings is 3. The van der Waals surface area contributed by atoms with Gasteiger partial charge in [-0.15, -0.1) is 0 Å². The average Bonchev–Trinajstić information content (AvgIpc) is 3.43. The van der Waals surface area contributed by atoms with Crippen molar-refractivity contribution in [2.24, 2.45) is 0 Å². The highest BCUT2D eigenvalue weighted by atomic mass is 32.1. The maximum absolute atomic E-state index is 13.6. The molecule has 2 saturated heterocycles. The Kier molecular flexibility index (Phi) is 6.30. The van der Waals surface area contributed by atoms with E-state index >= 15 is 0 Å². The van der Waals surface area contributed by atoms with Crippen molar-refractivity contribution < 1.29 is 14.5 Å². The smallest absolute Gasteiger partial charge is 0.293 e. The second-order valence-corrected chi connectivity index (χ2v) is 8.86. The Balaban J connectivity index is 1.61. The minimum atomic E-state index is -0.588. The molecule has 0 N–H and O–H groups in total. The highest BCUT2D eigenvalue weighted by Crippen LogP contribution is 2.34. The van der Waals surface area contributed by atoms with Gasteiger partial charge in [0, 0.05) is 19.2 Å². The standard InChI is InChI=1S/C27H22N4O4S/c32-25-22(17-19-13-14-23(24(18-19)31(34)35)28-15-7-8-16-28)26(33)30(21-11-5-2-6-12-21)27(36)29(25)20-9-3-1-4-10-20/h1-6,9-14,17-18H,7-8,15-16H2. The summed E-state index contributed by atoms with van der Waals surface area (Å²) < 4.78 is 0. The third-order valence-corrected chi connectivity index (χ3v) is 6.60. The third kappa shape index (κ3) is 4.25. The molecule has 5 rings (SSSR count). The van der Waals surface area contributed by atoms with E-state index in [4.69, 9.17) is 12.2 Å². The minimum Gasteiger partial charge on any atom is -0.366 e. The first kappa shape index (κ1) is 23.4. The summed E-state index contributed by atoms with van der Waals surface area (Å²) in [6.45, 7) is 1.52. The van der Waals surface area contributed by atoms with Crippen molar-refractivity contribution in [2.45, 2.75) is 12.8 Å². The second-order valence-electron chi connectivity index (χ2n) is 8.49. The van der Waals surface area contributed by atoms with E-state index in [2.05, 4.69) is 0 Å². The van der Waals surface area contributed by atoms with Gasteiger partial charge in [-0.2, -0.15) is 0 Å². The number of nitro benzene ring substituents is 1. The van der Waals surface area contributed by atoms with Crippen molar-refractivity contribution in [3.05, 3.63) is 100 Å². The summed E-state index contributed by atoms with van der Waals surface area (Å²) in [5, 5.41) is 11.9. The van der Waals surface area contributed by atoms with Crippen LogP contribution in [0.4, 0.5) is 22.7 Å².